The monoisotopic (exact) mass is 227 g/mol. The van der Waals surface area contributed by atoms with Crippen molar-refractivity contribution in [3.05, 3.63) is 10.6 Å². The van der Waals surface area contributed by atoms with Crippen LogP contribution in [0.1, 0.15) is 19.8 Å². The summed E-state index contributed by atoms with van der Waals surface area (Å²) in [6.07, 6.45) is 4.42. The minimum atomic E-state index is 0.997. The summed E-state index contributed by atoms with van der Waals surface area (Å²) in [5.41, 5.74) is 0. The standard InChI is InChI=1S/C10H14BrN/c1-2-3-4-7-12-8-5-6-10(11)9-12/h6H,4-5,7-9H2,1H3. The van der Waals surface area contributed by atoms with Gasteiger partial charge >= 0.3 is 0 Å². The maximum absolute atomic E-state index is 3.52. The van der Waals surface area contributed by atoms with Crippen molar-refractivity contribution >= 4 is 15.9 Å². The molecule has 0 bridgehead atoms. The topological polar surface area (TPSA) is 3.24 Å². The summed E-state index contributed by atoms with van der Waals surface area (Å²) in [5.74, 6) is 6.00. The van der Waals surface area contributed by atoms with Crippen LogP contribution in [0.2, 0.25) is 0 Å². The lowest BCUT2D eigenvalue weighted by atomic mass is 10.2. The molecule has 0 aromatic rings. The Hall–Kier alpha value is -0.260. The zero-order valence-corrected chi connectivity index (χ0v) is 9.02. The van der Waals surface area contributed by atoms with Crippen LogP contribution in [0.15, 0.2) is 10.6 Å². The maximum atomic E-state index is 3.52. The number of nitrogens with zero attached hydrogens (tertiary/aromatic N) is 1. The molecule has 1 rings (SSSR count). The zero-order chi connectivity index (χ0) is 8.81. The first kappa shape index (κ1) is 9.83. The average molecular weight is 228 g/mol. The first-order valence-electron chi connectivity index (χ1n) is 4.29. The summed E-state index contributed by atoms with van der Waals surface area (Å²) in [4.78, 5) is 2.43. The van der Waals surface area contributed by atoms with Gasteiger partial charge in [-0.05, 0) is 13.3 Å². The van der Waals surface area contributed by atoms with E-state index >= 15 is 0 Å². The first-order valence-corrected chi connectivity index (χ1v) is 5.08. The van der Waals surface area contributed by atoms with Gasteiger partial charge in [0.1, 0.15) is 0 Å². The molecule has 1 aliphatic heterocycles. The minimum absolute atomic E-state index is 0.997. The molecule has 2 heteroatoms. The highest BCUT2D eigenvalue weighted by Crippen LogP contribution is 2.14. The highest BCUT2D eigenvalue weighted by atomic mass is 79.9. The van der Waals surface area contributed by atoms with Crippen LogP contribution in [-0.2, 0) is 0 Å². The lowest BCUT2D eigenvalue weighted by Gasteiger charge is -2.23. The van der Waals surface area contributed by atoms with Gasteiger partial charge in [0.05, 0.1) is 0 Å². The highest BCUT2D eigenvalue weighted by molar-refractivity contribution is 9.11. The lowest BCUT2D eigenvalue weighted by Crippen LogP contribution is -2.29. The molecule has 0 aliphatic carbocycles. The minimum Gasteiger partial charge on any atom is -0.297 e. The van der Waals surface area contributed by atoms with Crippen molar-refractivity contribution in [2.75, 3.05) is 19.6 Å². The second-order valence-corrected chi connectivity index (χ2v) is 3.91. The van der Waals surface area contributed by atoms with Crippen molar-refractivity contribution in [2.24, 2.45) is 0 Å². The molecule has 0 N–H and O–H groups in total. The van der Waals surface area contributed by atoms with Crippen LogP contribution in [-0.4, -0.2) is 24.5 Å². The van der Waals surface area contributed by atoms with E-state index in [0.29, 0.717) is 0 Å². The molecule has 0 unspecified atom stereocenters. The second-order valence-electron chi connectivity index (χ2n) is 2.89. The molecule has 0 atom stereocenters. The summed E-state index contributed by atoms with van der Waals surface area (Å²) >= 11 is 3.52. The molecule has 0 radical (unpaired) electrons. The van der Waals surface area contributed by atoms with Crippen molar-refractivity contribution < 1.29 is 0 Å². The van der Waals surface area contributed by atoms with E-state index < -0.39 is 0 Å². The molecule has 12 heavy (non-hydrogen) atoms. The Balaban J connectivity index is 2.24. The second kappa shape index (κ2) is 5.40. The van der Waals surface area contributed by atoms with Crippen molar-refractivity contribution in [1.29, 1.82) is 0 Å². The molecule has 1 heterocycles. The Kier molecular flexibility index (Phi) is 4.42. The van der Waals surface area contributed by atoms with Crippen LogP contribution < -0.4 is 0 Å². The Morgan fingerprint density at radius 1 is 1.67 bits per heavy atom. The van der Waals surface area contributed by atoms with Gasteiger partial charge in [0.15, 0.2) is 0 Å². The Labute approximate surface area is 83.0 Å². The third kappa shape index (κ3) is 3.42. The molecular formula is C10H14BrN. The molecule has 1 nitrogen and oxygen atoms in total. The maximum Gasteiger partial charge on any atom is 0.0297 e. The van der Waals surface area contributed by atoms with Crippen LogP contribution >= 0.6 is 15.9 Å². The molecule has 0 spiro atoms. The summed E-state index contributed by atoms with van der Waals surface area (Å²) in [7, 11) is 0. The van der Waals surface area contributed by atoms with E-state index in [9.17, 15) is 0 Å². The van der Waals surface area contributed by atoms with E-state index in [-0.39, 0.29) is 0 Å². The number of hydrogen-bond acceptors (Lipinski definition) is 1. The molecule has 0 aromatic heterocycles. The molecular weight excluding hydrogens is 214 g/mol. The fourth-order valence-electron chi connectivity index (χ4n) is 1.29. The Bertz CT molecular complexity index is 222. The van der Waals surface area contributed by atoms with Crippen molar-refractivity contribution in [3.63, 3.8) is 0 Å². The predicted molar refractivity (Wildman–Crippen MR) is 56.1 cm³/mol. The number of hydrogen-bond donors (Lipinski definition) is 0. The third-order valence-electron chi connectivity index (χ3n) is 1.92. The smallest absolute Gasteiger partial charge is 0.0297 e. The molecule has 0 saturated carbocycles. The van der Waals surface area contributed by atoms with Gasteiger partial charge in [-0.2, -0.15) is 0 Å². The van der Waals surface area contributed by atoms with Crippen molar-refractivity contribution in [1.82, 2.24) is 4.90 Å². The predicted octanol–water partition coefficient (Wildman–Crippen LogP) is 2.38. The number of rotatable bonds is 2. The van der Waals surface area contributed by atoms with E-state index in [2.05, 4.69) is 38.7 Å². The average Bonchev–Trinajstić information content (AvgIpc) is 2.05. The van der Waals surface area contributed by atoms with Gasteiger partial charge in [0.2, 0.25) is 0 Å². The van der Waals surface area contributed by atoms with E-state index in [4.69, 9.17) is 0 Å². The van der Waals surface area contributed by atoms with Gasteiger partial charge in [-0.25, -0.2) is 0 Å². The van der Waals surface area contributed by atoms with Gasteiger partial charge in [0, 0.05) is 30.5 Å². The van der Waals surface area contributed by atoms with Crippen LogP contribution in [0.5, 0.6) is 0 Å². The molecule has 1 aliphatic rings. The van der Waals surface area contributed by atoms with Crippen LogP contribution in [0.25, 0.3) is 0 Å². The number of halogens is 1. The Morgan fingerprint density at radius 2 is 2.50 bits per heavy atom. The Morgan fingerprint density at radius 3 is 3.17 bits per heavy atom. The summed E-state index contributed by atoms with van der Waals surface area (Å²) in [6, 6.07) is 0. The SMILES string of the molecule is CC#CCCN1CCC=C(Br)C1. The molecule has 0 aromatic carbocycles. The van der Waals surface area contributed by atoms with E-state index in [1.807, 2.05) is 6.92 Å². The van der Waals surface area contributed by atoms with Crippen molar-refractivity contribution in [3.8, 4) is 11.8 Å². The van der Waals surface area contributed by atoms with Crippen LogP contribution in [0.3, 0.4) is 0 Å². The highest BCUT2D eigenvalue weighted by Gasteiger charge is 2.08. The van der Waals surface area contributed by atoms with Gasteiger partial charge in [0.25, 0.3) is 0 Å². The van der Waals surface area contributed by atoms with Gasteiger partial charge in [-0.15, -0.1) is 11.8 Å². The third-order valence-corrected chi connectivity index (χ3v) is 2.49. The van der Waals surface area contributed by atoms with Gasteiger partial charge in [-0.1, -0.05) is 22.0 Å². The van der Waals surface area contributed by atoms with E-state index in [1.165, 1.54) is 17.4 Å². The van der Waals surface area contributed by atoms with Crippen LogP contribution in [0.4, 0.5) is 0 Å². The quantitative estimate of drug-likeness (QED) is 0.656. The van der Waals surface area contributed by atoms with E-state index in [1.54, 1.807) is 0 Å². The summed E-state index contributed by atoms with van der Waals surface area (Å²) < 4.78 is 1.32. The first-order chi connectivity index (χ1) is 5.83. The normalized spacial score (nSPS) is 18.0. The fraction of sp³-hybridized carbons (Fsp3) is 0.600. The molecule has 66 valence electrons. The fourth-order valence-corrected chi connectivity index (χ4v) is 1.87. The largest absolute Gasteiger partial charge is 0.297 e. The summed E-state index contributed by atoms with van der Waals surface area (Å²) in [5, 5.41) is 0. The van der Waals surface area contributed by atoms with E-state index in [0.717, 1.165) is 19.5 Å². The molecule has 0 amide bonds. The molecule has 0 saturated heterocycles. The van der Waals surface area contributed by atoms with Gasteiger partial charge < -0.3 is 0 Å². The molecule has 0 fully saturated rings. The lowest BCUT2D eigenvalue weighted by molar-refractivity contribution is 0.304. The zero-order valence-electron chi connectivity index (χ0n) is 7.44. The van der Waals surface area contributed by atoms with Crippen molar-refractivity contribution in [2.45, 2.75) is 19.8 Å². The summed E-state index contributed by atoms with van der Waals surface area (Å²) in [6.45, 7) is 5.24. The van der Waals surface area contributed by atoms with Gasteiger partial charge in [-0.3, -0.25) is 4.90 Å². The van der Waals surface area contributed by atoms with Crippen LogP contribution in [0, 0.1) is 11.8 Å².